The van der Waals surface area contributed by atoms with Crippen molar-refractivity contribution < 1.29 is 9.00 Å². The average molecular weight is 510 g/mol. The highest BCUT2D eigenvalue weighted by molar-refractivity contribution is 7.85. The summed E-state index contributed by atoms with van der Waals surface area (Å²) in [5.41, 5.74) is 11.1. The van der Waals surface area contributed by atoms with E-state index in [1.807, 2.05) is 60.7 Å². The molecule has 0 aliphatic rings. The van der Waals surface area contributed by atoms with Gasteiger partial charge in [0.15, 0.2) is 11.5 Å². The second kappa shape index (κ2) is 10.5. The number of hydrogen-bond donors (Lipinski definition) is 3. The van der Waals surface area contributed by atoms with E-state index in [1.54, 1.807) is 24.5 Å². The van der Waals surface area contributed by atoms with Gasteiger partial charge in [-0.25, -0.2) is 14.2 Å². The van der Waals surface area contributed by atoms with Crippen molar-refractivity contribution in [2.45, 2.75) is 6.54 Å². The Bertz CT molecular complexity index is 1610. The molecule has 1 unspecified atom stereocenters. The molecule has 3 aromatic heterocycles. The van der Waals surface area contributed by atoms with Crippen LogP contribution >= 0.6 is 0 Å². The molecule has 0 bridgehead atoms. The summed E-state index contributed by atoms with van der Waals surface area (Å²) in [6.07, 6.45) is 4.83. The minimum atomic E-state index is -1.20. The van der Waals surface area contributed by atoms with E-state index in [1.165, 1.54) is 6.26 Å². The summed E-state index contributed by atoms with van der Waals surface area (Å²) in [4.78, 5) is 31.1. The first-order valence-electron chi connectivity index (χ1n) is 11.4. The molecule has 1 atom stereocenters. The van der Waals surface area contributed by atoms with Gasteiger partial charge in [-0.2, -0.15) is 0 Å². The van der Waals surface area contributed by atoms with Crippen molar-refractivity contribution in [1.82, 2.24) is 25.3 Å². The zero-order valence-electron chi connectivity index (χ0n) is 19.9. The van der Waals surface area contributed by atoms with Gasteiger partial charge in [0, 0.05) is 29.0 Å². The van der Waals surface area contributed by atoms with E-state index in [0.717, 1.165) is 22.0 Å². The number of nitrogens with two attached hydrogens (primary N) is 1. The van der Waals surface area contributed by atoms with E-state index in [4.69, 9.17) is 10.7 Å². The third-order valence-corrected chi connectivity index (χ3v) is 6.10. The number of carbonyl (C=O) groups is 1. The van der Waals surface area contributed by atoms with Crippen molar-refractivity contribution in [2.75, 3.05) is 16.7 Å². The van der Waals surface area contributed by atoms with Crippen LogP contribution in [-0.2, 0) is 17.5 Å². The lowest BCUT2D eigenvalue weighted by molar-refractivity contribution is 0.0946. The molecular weight excluding hydrogens is 486 g/mol. The highest BCUT2D eigenvalue weighted by atomic mass is 32.2. The van der Waals surface area contributed by atoms with E-state index in [2.05, 4.69) is 25.0 Å². The molecule has 4 N–H and O–H groups in total. The third-order valence-electron chi connectivity index (χ3n) is 5.58. The van der Waals surface area contributed by atoms with Gasteiger partial charge in [-0.1, -0.05) is 42.5 Å². The van der Waals surface area contributed by atoms with Gasteiger partial charge in [-0.15, -0.1) is 0 Å². The van der Waals surface area contributed by atoms with Gasteiger partial charge in [-0.05, 0) is 30.3 Å². The van der Waals surface area contributed by atoms with Crippen LogP contribution in [0.2, 0.25) is 0 Å². The molecule has 5 rings (SSSR count). The number of nitrogen functional groups attached to an aromatic ring is 1. The quantitative estimate of drug-likeness (QED) is 0.302. The van der Waals surface area contributed by atoms with Crippen molar-refractivity contribution >= 4 is 39.3 Å². The summed E-state index contributed by atoms with van der Waals surface area (Å²) in [6, 6.07) is 22.7. The molecule has 2 aromatic carbocycles. The first-order valence-corrected chi connectivity index (χ1v) is 12.9. The number of nitrogens with one attached hydrogen (secondary N) is 2. The summed E-state index contributed by atoms with van der Waals surface area (Å²) in [7, 11) is -1.20. The molecule has 5 aromatic rings. The van der Waals surface area contributed by atoms with Crippen LogP contribution in [0.4, 0.5) is 11.5 Å². The fourth-order valence-electron chi connectivity index (χ4n) is 3.85. The maximum absolute atomic E-state index is 13.1. The van der Waals surface area contributed by atoms with Crippen molar-refractivity contribution in [1.29, 1.82) is 0 Å². The third kappa shape index (κ3) is 5.44. The Hall–Kier alpha value is -4.70. The summed E-state index contributed by atoms with van der Waals surface area (Å²) in [5, 5.41) is 3.75. The Morgan fingerprint density at radius 3 is 2.49 bits per heavy atom. The van der Waals surface area contributed by atoms with Crippen LogP contribution in [0.15, 0.2) is 85.2 Å². The standard InChI is InChI=1S/C27H23N7O2S/c1-37(36)34-21-11-10-20(30-16-21)15-31-27(35)25-26(28)33-23(17-6-3-2-4-7-17)24(32-25)19-9-12-22-18(14-19)8-5-13-29-22/h2-14,16,34H,15H2,1H3,(H2,28,33)(H,31,35). The van der Waals surface area contributed by atoms with Crippen LogP contribution < -0.4 is 15.8 Å². The molecule has 3 heterocycles. The molecule has 0 fully saturated rings. The Balaban J connectivity index is 1.48. The Morgan fingerprint density at radius 2 is 1.73 bits per heavy atom. The highest BCUT2D eigenvalue weighted by Crippen LogP contribution is 2.32. The number of hydrogen-bond acceptors (Lipinski definition) is 7. The highest BCUT2D eigenvalue weighted by Gasteiger charge is 2.20. The molecule has 0 saturated carbocycles. The maximum atomic E-state index is 13.1. The predicted octanol–water partition coefficient (Wildman–Crippen LogP) is 3.97. The lowest BCUT2D eigenvalue weighted by Gasteiger charge is -2.14. The lowest BCUT2D eigenvalue weighted by Crippen LogP contribution is -2.26. The minimum absolute atomic E-state index is 0.0282. The van der Waals surface area contributed by atoms with Crippen LogP contribution in [0.5, 0.6) is 0 Å². The van der Waals surface area contributed by atoms with Gasteiger partial charge in [0.1, 0.15) is 11.0 Å². The Morgan fingerprint density at radius 1 is 0.919 bits per heavy atom. The number of amides is 1. The van der Waals surface area contributed by atoms with Crippen LogP contribution in [0.3, 0.4) is 0 Å². The minimum Gasteiger partial charge on any atom is -0.382 e. The number of aromatic nitrogens is 4. The lowest BCUT2D eigenvalue weighted by atomic mass is 10.0. The molecular formula is C27H23N7O2S. The van der Waals surface area contributed by atoms with Crippen LogP contribution in [-0.4, -0.2) is 36.3 Å². The number of rotatable bonds is 7. The molecule has 9 nitrogen and oxygen atoms in total. The molecule has 0 aliphatic carbocycles. The van der Waals surface area contributed by atoms with E-state index in [-0.39, 0.29) is 18.1 Å². The first kappa shape index (κ1) is 24.0. The number of anilines is 2. The molecule has 10 heteroatoms. The van der Waals surface area contributed by atoms with E-state index >= 15 is 0 Å². The number of carbonyl (C=O) groups excluding carboxylic acids is 1. The van der Waals surface area contributed by atoms with E-state index in [9.17, 15) is 9.00 Å². The molecule has 0 spiro atoms. The van der Waals surface area contributed by atoms with Crippen molar-refractivity contribution in [3.8, 4) is 22.5 Å². The van der Waals surface area contributed by atoms with Crippen LogP contribution in [0, 0.1) is 0 Å². The number of nitrogens with zero attached hydrogens (tertiary/aromatic N) is 4. The largest absolute Gasteiger partial charge is 0.382 e. The first-order chi connectivity index (χ1) is 18.0. The summed E-state index contributed by atoms with van der Waals surface area (Å²) < 4.78 is 14.1. The normalized spacial score (nSPS) is 11.7. The Kier molecular flexibility index (Phi) is 6.82. The van der Waals surface area contributed by atoms with Gasteiger partial charge in [0.05, 0.1) is 41.0 Å². The second-order valence-corrected chi connectivity index (χ2v) is 9.32. The van der Waals surface area contributed by atoms with Gasteiger partial charge in [-0.3, -0.25) is 14.8 Å². The fraction of sp³-hybridized carbons (Fsp3) is 0.0741. The average Bonchev–Trinajstić information content (AvgIpc) is 2.92. The summed E-state index contributed by atoms with van der Waals surface area (Å²) in [5.74, 6) is -0.438. The molecule has 0 saturated heterocycles. The molecule has 0 radical (unpaired) electrons. The summed E-state index contributed by atoms with van der Waals surface area (Å²) >= 11 is 0. The fourth-order valence-corrected chi connectivity index (χ4v) is 4.30. The van der Waals surface area contributed by atoms with Gasteiger partial charge in [0.25, 0.3) is 5.91 Å². The zero-order valence-corrected chi connectivity index (χ0v) is 20.7. The molecule has 0 aliphatic heterocycles. The number of benzene rings is 2. The van der Waals surface area contributed by atoms with Gasteiger partial charge < -0.3 is 15.8 Å². The van der Waals surface area contributed by atoms with Crippen molar-refractivity contribution in [2.24, 2.45) is 0 Å². The van der Waals surface area contributed by atoms with Crippen LogP contribution in [0.25, 0.3) is 33.4 Å². The van der Waals surface area contributed by atoms with Gasteiger partial charge >= 0.3 is 0 Å². The molecule has 1 amide bonds. The van der Waals surface area contributed by atoms with Gasteiger partial charge in [0.2, 0.25) is 0 Å². The Labute approximate surface area is 215 Å². The smallest absolute Gasteiger partial charge is 0.274 e. The van der Waals surface area contributed by atoms with E-state index in [0.29, 0.717) is 22.8 Å². The SMILES string of the molecule is CS(=O)Nc1ccc(CNC(=O)c2nc(-c3ccc4ncccc4c3)c(-c3ccccc3)nc2N)nc1. The molecule has 37 heavy (non-hydrogen) atoms. The predicted molar refractivity (Wildman–Crippen MR) is 146 cm³/mol. The van der Waals surface area contributed by atoms with Crippen molar-refractivity contribution in [3.63, 3.8) is 0 Å². The zero-order chi connectivity index (χ0) is 25.8. The number of pyridine rings is 2. The van der Waals surface area contributed by atoms with E-state index < -0.39 is 16.9 Å². The topological polar surface area (TPSA) is 136 Å². The van der Waals surface area contributed by atoms with Crippen LogP contribution in [0.1, 0.15) is 16.2 Å². The monoisotopic (exact) mass is 509 g/mol. The number of fused-ring (bicyclic) bond motifs is 1. The maximum Gasteiger partial charge on any atom is 0.274 e. The van der Waals surface area contributed by atoms with Crippen molar-refractivity contribution in [3.05, 3.63) is 96.6 Å². The summed E-state index contributed by atoms with van der Waals surface area (Å²) in [6.45, 7) is 0.160. The molecule has 184 valence electrons. The second-order valence-electron chi connectivity index (χ2n) is 8.21.